The molecular weight excluding hydrogens is 318 g/mol. The van der Waals surface area contributed by atoms with Gasteiger partial charge in [-0.25, -0.2) is 9.78 Å². The molecule has 25 heavy (non-hydrogen) atoms. The van der Waals surface area contributed by atoms with Crippen molar-refractivity contribution in [1.29, 1.82) is 0 Å². The summed E-state index contributed by atoms with van der Waals surface area (Å²) in [5.74, 6) is 0.329. The number of H-pyrrole nitrogens is 1. The number of nitrogens with zero attached hydrogens (tertiary/aromatic N) is 1. The van der Waals surface area contributed by atoms with Crippen LogP contribution in [0.25, 0.3) is 11.0 Å². The van der Waals surface area contributed by atoms with Crippen LogP contribution < -0.4 is 16.4 Å². The van der Waals surface area contributed by atoms with Crippen molar-refractivity contribution in [2.75, 3.05) is 0 Å². The fourth-order valence-corrected chi connectivity index (χ4v) is 2.61. The molecule has 0 bridgehead atoms. The summed E-state index contributed by atoms with van der Waals surface area (Å²) in [7, 11) is 0. The van der Waals surface area contributed by atoms with E-state index in [0.29, 0.717) is 12.2 Å². The smallest absolute Gasteiger partial charge is 0.312 e. The Labute approximate surface area is 144 Å². The lowest BCUT2D eigenvalue weighted by atomic mass is 10.1. The maximum absolute atomic E-state index is 12.4. The minimum atomic E-state index is -0.746. The van der Waals surface area contributed by atoms with Crippen LogP contribution in [-0.2, 0) is 17.8 Å². The van der Waals surface area contributed by atoms with E-state index in [-0.39, 0.29) is 12.5 Å². The fourth-order valence-electron chi connectivity index (χ4n) is 2.61. The second-order valence-corrected chi connectivity index (χ2v) is 5.67. The predicted octanol–water partition coefficient (Wildman–Crippen LogP) is 1.46. The van der Waals surface area contributed by atoms with Crippen molar-refractivity contribution in [2.45, 2.75) is 19.0 Å². The third-order valence-corrected chi connectivity index (χ3v) is 3.78. The molecule has 3 aromatic rings. The van der Waals surface area contributed by atoms with Crippen LogP contribution in [0.1, 0.15) is 11.4 Å². The van der Waals surface area contributed by atoms with Gasteiger partial charge in [-0.15, -0.1) is 0 Å². The number of amides is 3. The minimum absolute atomic E-state index is 0.235. The van der Waals surface area contributed by atoms with Gasteiger partial charge in [-0.05, 0) is 17.7 Å². The molecule has 128 valence electrons. The van der Waals surface area contributed by atoms with Gasteiger partial charge in [0.15, 0.2) is 0 Å². The Kier molecular flexibility index (Phi) is 4.94. The summed E-state index contributed by atoms with van der Waals surface area (Å²) < 4.78 is 0. The Bertz CT molecular complexity index is 842. The Morgan fingerprint density at radius 3 is 2.52 bits per heavy atom. The third-order valence-electron chi connectivity index (χ3n) is 3.78. The van der Waals surface area contributed by atoms with Crippen molar-refractivity contribution in [2.24, 2.45) is 5.73 Å². The number of primary amides is 1. The molecule has 2 aromatic carbocycles. The first-order chi connectivity index (χ1) is 12.1. The summed E-state index contributed by atoms with van der Waals surface area (Å²) in [4.78, 5) is 31.2. The Morgan fingerprint density at radius 1 is 1.08 bits per heavy atom. The van der Waals surface area contributed by atoms with Gasteiger partial charge in [0.1, 0.15) is 11.9 Å². The highest BCUT2D eigenvalue weighted by Crippen LogP contribution is 2.10. The van der Waals surface area contributed by atoms with Gasteiger partial charge in [0.25, 0.3) is 0 Å². The number of aromatic amines is 1. The zero-order valence-corrected chi connectivity index (χ0v) is 13.5. The van der Waals surface area contributed by atoms with Crippen LogP contribution in [-0.4, -0.2) is 27.9 Å². The molecule has 0 unspecified atom stereocenters. The lowest BCUT2D eigenvalue weighted by molar-refractivity contribution is -0.123. The van der Waals surface area contributed by atoms with Crippen LogP contribution in [0, 0.1) is 0 Å². The number of hydrogen-bond donors (Lipinski definition) is 4. The van der Waals surface area contributed by atoms with E-state index in [4.69, 9.17) is 5.73 Å². The maximum Gasteiger partial charge on any atom is 0.312 e. The van der Waals surface area contributed by atoms with Gasteiger partial charge in [0.05, 0.1) is 17.6 Å². The molecule has 3 rings (SSSR count). The molecule has 1 atom stereocenters. The summed E-state index contributed by atoms with van der Waals surface area (Å²) in [5, 5.41) is 5.27. The number of imidazole rings is 1. The Balaban J connectivity index is 1.65. The van der Waals surface area contributed by atoms with E-state index in [1.165, 1.54) is 0 Å². The molecule has 0 radical (unpaired) electrons. The number of hydrogen-bond acceptors (Lipinski definition) is 3. The van der Waals surface area contributed by atoms with Crippen LogP contribution in [0.15, 0.2) is 54.6 Å². The van der Waals surface area contributed by atoms with Gasteiger partial charge in [0, 0.05) is 6.42 Å². The number of nitrogens with one attached hydrogen (secondary N) is 3. The number of nitrogens with two attached hydrogens (primary N) is 1. The Morgan fingerprint density at radius 2 is 1.80 bits per heavy atom. The molecule has 5 N–H and O–H groups in total. The minimum Gasteiger partial charge on any atom is -0.352 e. The quantitative estimate of drug-likeness (QED) is 0.546. The summed E-state index contributed by atoms with van der Waals surface area (Å²) in [6, 6.07) is 15.6. The molecule has 7 heteroatoms. The first-order valence-electron chi connectivity index (χ1n) is 7.93. The highest BCUT2D eigenvalue weighted by atomic mass is 16.2. The number of aromatic nitrogens is 2. The number of urea groups is 1. The van der Waals surface area contributed by atoms with Crippen LogP contribution in [0.5, 0.6) is 0 Å². The van der Waals surface area contributed by atoms with E-state index >= 15 is 0 Å². The first kappa shape index (κ1) is 16.5. The molecular formula is C18H19N5O2. The molecule has 0 aliphatic rings. The zero-order chi connectivity index (χ0) is 17.6. The molecule has 0 saturated heterocycles. The van der Waals surface area contributed by atoms with E-state index in [1.54, 1.807) is 0 Å². The predicted molar refractivity (Wildman–Crippen MR) is 94.6 cm³/mol. The molecule has 0 spiro atoms. The monoisotopic (exact) mass is 337 g/mol. The zero-order valence-electron chi connectivity index (χ0n) is 13.5. The summed E-state index contributed by atoms with van der Waals surface area (Å²) in [6.45, 7) is 0.235. The summed E-state index contributed by atoms with van der Waals surface area (Å²) in [6.07, 6.45) is 0.357. The highest BCUT2D eigenvalue weighted by molar-refractivity contribution is 5.86. The van der Waals surface area contributed by atoms with E-state index in [2.05, 4.69) is 20.6 Å². The molecule has 0 fully saturated rings. The van der Waals surface area contributed by atoms with Gasteiger partial charge < -0.3 is 21.4 Å². The van der Waals surface area contributed by atoms with Crippen LogP contribution in [0.4, 0.5) is 4.79 Å². The average Bonchev–Trinajstić information content (AvgIpc) is 3.02. The highest BCUT2D eigenvalue weighted by Gasteiger charge is 2.20. The molecule has 0 aliphatic heterocycles. The normalized spacial score (nSPS) is 11.8. The van der Waals surface area contributed by atoms with Gasteiger partial charge >= 0.3 is 6.03 Å². The van der Waals surface area contributed by atoms with Gasteiger partial charge in [0.2, 0.25) is 5.91 Å². The number of para-hydroxylation sites is 2. The van der Waals surface area contributed by atoms with Gasteiger partial charge in [-0.3, -0.25) is 4.79 Å². The molecule has 1 aromatic heterocycles. The molecule has 0 saturated carbocycles. The van der Waals surface area contributed by atoms with Crippen molar-refractivity contribution >= 4 is 23.0 Å². The number of carbonyl (C=O) groups is 2. The maximum atomic E-state index is 12.4. The second kappa shape index (κ2) is 7.48. The third kappa shape index (κ3) is 4.35. The number of fused-ring (bicyclic) bond motifs is 1. The average molecular weight is 337 g/mol. The lowest BCUT2D eigenvalue weighted by Crippen LogP contribution is -2.49. The van der Waals surface area contributed by atoms with E-state index < -0.39 is 12.1 Å². The van der Waals surface area contributed by atoms with Crippen molar-refractivity contribution in [3.8, 4) is 0 Å². The number of carbonyl (C=O) groups excluding carboxylic acids is 2. The van der Waals surface area contributed by atoms with Crippen LogP contribution in [0.2, 0.25) is 0 Å². The first-order valence-corrected chi connectivity index (χ1v) is 7.93. The molecule has 3 amide bonds. The molecule has 1 heterocycles. The Hall–Kier alpha value is -3.35. The second-order valence-electron chi connectivity index (χ2n) is 5.67. The standard InChI is InChI=1S/C18H19N5O2/c19-18(25)23-15(10-12-6-2-1-3-7-12)17(24)20-11-16-21-13-8-4-5-9-14(13)22-16/h1-9,15H,10-11H2,(H,20,24)(H,21,22)(H3,19,23,25)/t15-/m0/s1. The summed E-state index contributed by atoms with van der Waals surface area (Å²) >= 11 is 0. The largest absolute Gasteiger partial charge is 0.352 e. The topological polar surface area (TPSA) is 113 Å². The molecule has 0 aliphatic carbocycles. The molecule has 7 nitrogen and oxygen atoms in total. The number of rotatable bonds is 6. The van der Waals surface area contributed by atoms with Crippen molar-refractivity contribution in [3.63, 3.8) is 0 Å². The summed E-state index contributed by atoms with van der Waals surface area (Å²) in [5.41, 5.74) is 7.87. The van der Waals surface area contributed by atoms with Crippen molar-refractivity contribution in [1.82, 2.24) is 20.6 Å². The van der Waals surface area contributed by atoms with Gasteiger partial charge in [-0.1, -0.05) is 42.5 Å². The SMILES string of the molecule is NC(=O)N[C@@H](Cc1ccccc1)C(=O)NCc1nc2ccccc2[nH]1. The van der Waals surface area contributed by atoms with Crippen LogP contribution >= 0.6 is 0 Å². The van der Waals surface area contributed by atoms with Gasteiger partial charge in [-0.2, -0.15) is 0 Å². The lowest BCUT2D eigenvalue weighted by Gasteiger charge is -2.17. The van der Waals surface area contributed by atoms with E-state index in [9.17, 15) is 9.59 Å². The van der Waals surface area contributed by atoms with E-state index in [0.717, 1.165) is 16.6 Å². The van der Waals surface area contributed by atoms with Crippen LogP contribution in [0.3, 0.4) is 0 Å². The number of benzene rings is 2. The fraction of sp³-hybridized carbons (Fsp3) is 0.167. The van der Waals surface area contributed by atoms with E-state index in [1.807, 2.05) is 54.6 Å². The van der Waals surface area contributed by atoms with Crippen molar-refractivity contribution in [3.05, 3.63) is 66.0 Å². The van der Waals surface area contributed by atoms with Crippen molar-refractivity contribution < 1.29 is 9.59 Å².